The molecule has 1 aromatic heterocycles. The van der Waals surface area contributed by atoms with Gasteiger partial charge in [-0.3, -0.25) is 0 Å². The van der Waals surface area contributed by atoms with Crippen molar-refractivity contribution < 1.29 is 17.0 Å². The first-order chi connectivity index (χ1) is 10.5. The van der Waals surface area contributed by atoms with Crippen LogP contribution < -0.4 is 4.18 Å². The smallest absolute Gasteiger partial charge is 0.339 e. The summed E-state index contributed by atoms with van der Waals surface area (Å²) in [5.41, 5.74) is 2.22. The van der Waals surface area contributed by atoms with Crippen LogP contribution in [0.1, 0.15) is 18.4 Å². The van der Waals surface area contributed by atoms with E-state index in [1.54, 1.807) is 43.3 Å². The van der Waals surface area contributed by atoms with E-state index in [1.807, 2.05) is 6.92 Å². The molecule has 0 atom stereocenters. The monoisotopic (exact) mass is 317 g/mol. The molecule has 0 saturated carbocycles. The van der Waals surface area contributed by atoms with Crippen molar-refractivity contribution in [2.24, 2.45) is 0 Å². The summed E-state index contributed by atoms with van der Waals surface area (Å²) in [5.74, 6) is 0.716. The molecule has 6 heteroatoms. The Balaban J connectivity index is 1.91. The number of aromatic nitrogens is 1. The second-order valence-electron chi connectivity index (χ2n) is 4.90. The lowest BCUT2D eigenvalue weighted by molar-refractivity contribution is 0.485. The van der Waals surface area contributed by atoms with E-state index in [4.69, 9.17) is 8.60 Å². The maximum Gasteiger partial charge on any atom is 0.339 e. The first-order valence-corrected chi connectivity index (χ1v) is 8.29. The topological polar surface area (TPSA) is 69.4 Å². The fourth-order valence-electron chi connectivity index (χ4n) is 2.14. The highest BCUT2D eigenvalue weighted by Crippen LogP contribution is 2.24. The molecule has 0 unspecified atom stereocenters. The number of hydrogen-bond donors (Lipinski definition) is 0. The molecule has 0 spiro atoms. The lowest BCUT2D eigenvalue weighted by Crippen LogP contribution is -2.09. The Morgan fingerprint density at radius 2 is 1.86 bits per heavy atom. The van der Waals surface area contributed by atoms with Gasteiger partial charge in [0.05, 0.1) is 0 Å². The van der Waals surface area contributed by atoms with Gasteiger partial charge in [-0.15, -0.1) is 0 Å². The highest BCUT2D eigenvalue weighted by molar-refractivity contribution is 7.87. The van der Waals surface area contributed by atoms with E-state index in [2.05, 4.69) is 4.98 Å². The Morgan fingerprint density at radius 3 is 2.55 bits per heavy atom. The first-order valence-electron chi connectivity index (χ1n) is 6.88. The molecule has 0 saturated heterocycles. The Morgan fingerprint density at radius 1 is 1.14 bits per heavy atom. The number of aryl methyl sites for hydroxylation is 2. The number of rotatable bonds is 4. The summed E-state index contributed by atoms with van der Waals surface area (Å²) in [6.45, 7) is 3.74. The summed E-state index contributed by atoms with van der Waals surface area (Å²) in [4.78, 5) is 4.28. The van der Waals surface area contributed by atoms with Crippen molar-refractivity contribution in [3.63, 3.8) is 0 Å². The van der Waals surface area contributed by atoms with Crippen LogP contribution in [0.25, 0.3) is 11.1 Å². The zero-order valence-corrected chi connectivity index (χ0v) is 13.1. The maximum atomic E-state index is 12.3. The van der Waals surface area contributed by atoms with Gasteiger partial charge in [0.25, 0.3) is 0 Å². The van der Waals surface area contributed by atoms with Gasteiger partial charge in [-0.05, 0) is 36.2 Å². The lowest BCUT2D eigenvalue weighted by atomic mass is 10.2. The molecular weight excluding hydrogens is 302 g/mol. The van der Waals surface area contributed by atoms with Crippen LogP contribution in [0, 0.1) is 6.92 Å². The van der Waals surface area contributed by atoms with Crippen LogP contribution in [0.3, 0.4) is 0 Å². The Bertz CT molecular complexity index is 911. The minimum absolute atomic E-state index is 0.124. The van der Waals surface area contributed by atoms with Gasteiger partial charge in [0.2, 0.25) is 0 Å². The third-order valence-corrected chi connectivity index (χ3v) is 4.55. The van der Waals surface area contributed by atoms with Crippen molar-refractivity contribution in [2.45, 2.75) is 25.2 Å². The van der Waals surface area contributed by atoms with E-state index in [-0.39, 0.29) is 10.6 Å². The molecule has 114 valence electrons. The zero-order chi connectivity index (χ0) is 15.7. The summed E-state index contributed by atoms with van der Waals surface area (Å²) >= 11 is 0. The standard InChI is InChI=1S/C16H15NO4S/c1-3-12-4-7-14(8-5-12)22(18,19)21-13-6-9-15-16(10-13)20-11(2)17-15/h4-10H,3H2,1-2H3. The average Bonchev–Trinajstić information content (AvgIpc) is 2.86. The number of fused-ring (bicyclic) bond motifs is 1. The predicted octanol–water partition coefficient (Wildman–Crippen LogP) is 3.47. The van der Waals surface area contributed by atoms with Crippen LogP contribution in [0.5, 0.6) is 5.75 Å². The number of hydrogen-bond acceptors (Lipinski definition) is 5. The summed E-state index contributed by atoms with van der Waals surface area (Å²) in [7, 11) is -3.86. The molecule has 3 aromatic rings. The third-order valence-electron chi connectivity index (χ3n) is 3.29. The van der Waals surface area contributed by atoms with E-state index < -0.39 is 10.1 Å². The quantitative estimate of drug-likeness (QED) is 0.689. The summed E-state index contributed by atoms with van der Waals surface area (Å²) in [6.07, 6.45) is 0.850. The first kappa shape index (κ1) is 14.6. The summed E-state index contributed by atoms with van der Waals surface area (Å²) in [6, 6.07) is 11.4. The van der Waals surface area contributed by atoms with Crippen molar-refractivity contribution in [1.29, 1.82) is 0 Å². The Labute approximate surface area is 128 Å². The molecule has 1 heterocycles. The van der Waals surface area contributed by atoms with Gasteiger partial charge in [0, 0.05) is 13.0 Å². The van der Waals surface area contributed by atoms with Crippen LogP contribution in [0.4, 0.5) is 0 Å². The molecule has 0 radical (unpaired) electrons. The van der Waals surface area contributed by atoms with Gasteiger partial charge in [0.1, 0.15) is 16.2 Å². The number of nitrogens with zero attached hydrogens (tertiary/aromatic N) is 1. The zero-order valence-electron chi connectivity index (χ0n) is 12.2. The molecule has 0 aliphatic rings. The number of benzene rings is 2. The molecule has 22 heavy (non-hydrogen) atoms. The van der Waals surface area contributed by atoms with E-state index in [9.17, 15) is 8.42 Å². The van der Waals surface area contributed by atoms with Crippen LogP contribution >= 0.6 is 0 Å². The molecule has 3 rings (SSSR count). The van der Waals surface area contributed by atoms with E-state index in [0.29, 0.717) is 17.0 Å². The van der Waals surface area contributed by atoms with Gasteiger partial charge >= 0.3 is 10.1 Å². The van der Waals surface area contributed by atoms with Crippen molar-refractivity contribution in [3.05, 3.63) is 53.9 Å². The van der Waals surface area contributed by atoms with Gasteiger partial charge in [0.15, 0.2) is 11.5 Å². The van der Waals surface area contributed by atoms with Gasteiger partial charge in [-0.1, -0.05) is 19.1 Å². The summed E-state index contributed by atoms with van der Waals surface area (Å²) < 4.78 is 35.1. The van der Waals surface area contributed by atoms with Crippen molar-refractivity contribution >= 4 is 21.2 Å². The third kappa shape index (κ3) is 2.82. The molecule has 0 aliphatic heterocycles. The van der Waals surface area contributed by atoms with Crippen LogP contribution in [-0.2, 0) is 16.5 Å². The van der Waals surface area contributed by atoms with Gasteiger partial charge < -0.3 is 8.60 Å². The minimum atomic E-state index is -3.86. The second kappa shape index (κ2) is 5.46. The molecule has 0 aliphatic carbocycles. The average molecular weight is 317 g/mol. The van der Waals surface area contributed by atoms with E-state index in [0.717, 1.165) is 12.0 Å². The maximum absolute atomic E-state index is 12.3. The number of oxazole rings is 1. The minimum Gasteiger partial charge on any atom is -0.441 e. The highest BCUT2D eigenvalue weighted by Gasteiger charge is 2.17. The Hall–Kier alpha value is -2.34. The second-order valence-corrected chi connectivity index (χ2v) is 6.44. The molecule has 0 fully saturated rings. The van der Waals surface area contributed by atoms with Gasteiger partial charge in [-0.25, -0.2) is 4.98 Å². The molecule has 0 bridgehead atoms. The molecule has 0 amide bonds. The Kier molecular flexibility index (Phi) is 3.62. The van der Waals surface area contributed by atoms with Gasteiger partial charge in [-0.2, -0.15) is 8.42 Å². The fraction of sp³-hybridized carbons (Fsp3) is 0.188. The summed E-state index contributed by atoms with van der Waals surface area (Å²) in [5, 5.41) is 0. The molecule has 5 nitrogen and oxygen atoms in total. The SMILES string of the molecule is CCc1ccc(S(=O)(=O)Oc2ccc3nc(C)oc3c2)cc1. The molecular formula is C16H15NO4S. The normalized spacial score (nSPS) is 11.7. The van der Waals surface area contributed by atoms with E-state index >= 15 is 0 Å². The van der Waals surface area contributed by atoms with Crippen molar-refractivity contribution in [1.82, 2.24) is 4.98 Å². The van der Waals surface area contributed by atoms with Crippen LogP contribution in [0.2, 0.25) is 0 Å². The van der Waals surface area contributed by atoms with Crippen LogP contribution in [0.15, 0.2) is 51.8 Å². The lowest BCUT2D eigenvalue weighted by Gasteiger charge is -2.07. The van der Waals surface area contributed by atoms with E-state index in [1.165, 1.54) is 6.07 Å². The van der Waals surface area contributed by atoms with Crippen LogP contribution in [-0.4, -0.2) is 13.4 Å². The molecule has 0 N–H and O–H groups in total. The largest absolute Gasteiger partial charge is 0.441 e. The highest BCUT2D eigenvalue weighted by atomic mass is 32.2. The van der Waals surface area contributed by atoms with Crippen molar-refractivity contribution in [3.8, 4) is 5.75 Å². The fourth-order valence-corrected chi connectivity index (χ4v) is 3.06. The van der Waals surface area contributed by atoms with Crippen molar-refractivity contribution in [2.75, 3.05) is 0 Å². The molecule has 2 aromatic carbocycles. The predicted molar refractivity (Wildman–Crippen MR) is 82.4 cm³/mol.